The fourth-order valence-electron chi connectivity index (χ4n) is 2.88. The number of carbonyl (C=O) groups is 2. The van der Waals surface area contributed by atoms with E-state index in [1.807, 2.05) is 48.5 Å². The Morgan fingerprint density at radius 2 is 1.81 bits per heavy atom. The minimum atomic E-state index is -1.21. The van der Waals surface area contributed by atoms with Crippen molar-refractivity contribution in [1.82, 2.24) is 5.32 Å². The van der Waals surface area contributed by atoms with Gasteiger partial charge in [-0.15, -0.1) is 0 Å². The summed E-state index contributed by atoms with van der Waals surface area (Å²) in [6.07, 6.45) is 0.800. The second-order valence-electron chi connectivity index (χ2n) is 6.20. The monoisotopic (exact) mass is 354 g/mol. The minimum absolute atomic E-state index is 0.0988. The van der Waals surface area contributed by atoms with Crippen LogP contribution in [0.15, 0.2) is 48.5 Å². The molecular weight excluding hydrogens is 334 g/mol. The van der Waals surface area contributed by atoms with Gasteiger partial charge in [-0.2, -0.15) is 0 Å². The van der Waals surface area contributed by atoms with Crippen LogP contribution in [-0.2, 0) is 22.4 Å². The van der Waals surface area contributed by atoms with E-state index in [-0.39, 0.29) is 25.5 Å². The predicted molar refractivity (Wildman–Crippen MR) is 92.5 cm³/mol. The molecule has 0 bridgehead atoms. The van der Waals surface area contributed by atoms with E-state index in [2.05, 4.69) is 5.32 Å². The Morgan fingerprint density at radius 1 is 1.04 bits per heavy atom. The first-order valence-electron chi connectivity index (χ1n) is 8.52. The number of aliphatic carboxylic acids is 1. The predicted octanol–water partition coefficient (Wildman–Crippen LogP) is 1.07. The van der Waals surface area contributed by atoms with E-state index >= 15 is 0 Å². The molecule has 6 heteroatoms. The van der Waals surface area contributed by atoms with Crippen molar-refractivity contribution in [2.24, 2.45) is 5.92 Å². The molecule has 1 atom stereocenters. The van der Waals surface area contributed by atoms with E-state index in [4.69, 9.17) is 9.47 Å². The summed E-state index contributed by atoms with van der Waals surface area (Å²) < 4.78 is 10.6. The summed E-state index contributed by atoms with van der Waals surface area (Å²) in [5.74, 6) is -0.928. The summed E-state index contributed by atoms with van der Waals surface area (Å²) >= 11 is 0. The fraction of sp³-hybridized carbons (Fsp3) is 0.300. The van der Waals surface area contributed by atoms with E-state index < -0.39 is 11.9 Å². The molecule has 26 heavy (non-hydrogen) atoms. The number of nitrogens with one attached hydrogen (secondary N) is 1. The number of carboxylic acids is 1. The highest BCUT2D eigenvalue weighted by Gasteiger charge is 2.16. The van der Waals surface area contributed by atoms with Gasteiger partial charge < -0.3 is 24.7 Å². The van der Waals surface area contributed by atoms with Crippen molar-refractivity contribution in [2.75, 3.05) is 13.3 Å². The molecule has 0 saturated heterocycles. The average Bonchev–Trinajstić information content (AvgIpc) is 3.10. The lowest BCUT2D eigenvalue weighted by molar-refractivity contribution is -0.311. The largest absolute Gasteiger partial charge is 0.550 e. The Hall–Kier alpha value is -3.02. The van der Waals surface area contributed by atoms with Crippen LogP contribution >= 0.6 is 0 Å². The molecule has 2 aromatic rings. The third-order valence-electron chi connectivity index (χ3n) is 4.26. The van der Waals surface area contributed by atoms with Crippen LogP contribution in [0.25, 0.3) is 0 Å². The SMILES string of the molecule is O=C(CC(Cc1ccccc1)C(=O)[O-])NCCc1ccc2c(c1)OCO2. The van der Waals surface area contributed by atoms with Gasteiger partial charge >= 0.3 is 0 Å². The molecule has 1 aliphatic heterocycles. The lowest BCUT2D eigenvalue weighted by Gasteiger charge is -2.17. The van der Waals surface area contributed by atoms with Gasteiger partial charge in [0.25, 0.3) is 0 Å². The Morgan fingerprint density at radius 3 is 2.58 bits per heavy atom. The standard InChI is InChI=1S/C20H21NO5/c22-19(12-16(20(23)24)10-14-4-2-1-3-5-14)21-9-8-15-6-7-17-18(11-15)26-13-25-17/h1-7,11,16H,8-10,12-13H2,(H,21,22)(H,23,24)/p-1. The summed E-state index contributed by atoms with van der Waals surface area (Å²) in [5, 5.41) is 14.1. The molecular formula is C20H20NO5-. The van der Waals surface area contributed by atoms with Gasteiger partial charge in [0.15, 0.2) is 11.5 Å². The van der Waals surface area contributed by atoms with Gasteiger partial charge in [0.2, 0.25) is 12.7 Å². The van der Waals surface area contributed by atoms with Crippen LogP contribution in [-0.4, -0.2) is 25.2 Å². The topological polar surface area (TPSA) is 87.7 Å². The highest BCUT2D eigenvalue weighted by Crippen LogP contribution is 2.32. The number of hydrogen-bond donors (Lipinski definition) is 1. The summed E-state index contributed by atoms with van der Waals surface area (Å²) in [6, 6.07) is 14.9. The molecule has 0 aliphatic carbocycles. The highest BCUT2D eigenvalue weighted by molar-refractivity contribution is 5.81. The Kier molecular flexibility index (Phi) is 5.73. The van der Waals surface area contributed by atoms with E-state index in [1.54, 1.807) is 0 Å². The Bertz CT molecular complexity index is 775. The molecule has 1 N–H and O–H groups in total. The van der Waals surface area contributed by atoms with Gasteiger partial charge in [-0.3, -0.25) is 4.79 Å². The normalized spacial score (nSPS) is 13.2. The zero-order valence-corrected chi connectivity index (χ0v) is 14.3. The van der Waals surface area contributed by atoms with Crippen LogP contribution < -0.4 is 19.9 Å². The van der Waals surface area contributed by atoms with Crippen molar-refractivity contribution >= 4 is 11.9 Å². The number of fused-ring (bicyclic) bond motifs is 1. The van der Waals surface area contributed by atoms with Gasteiger partial charge in [0.05, 0.1) is 0 Å². The van der Waals surface area contributed by atoms with Crippen LogP contribution in [0, 0.1) is 5.92 Å². The van der Waals surface area contributed by atoms with Gasteiger partial charge in [-0.05, 0) is 36.1 Å². The molecule has 2 aromatic carbocycles. The van der Waals surface area contributed by atoms with Crippen molar-refractivity contribution in [3.05, 3.63) is 59.7 Å². The highest BCUT2D eigenvalue weighted by atomic mass is 16.7. The van der Waals surface area contributed by atoms with Crippen molar-refractivity contribution in [3.8, 4) is 11.5 Å². The number of carboxylic acid groups (broad SMARTS) is 1. The Labute approximate surface area is 151 Å². The molecule has 1 amide bonds. The van der Waals surface area contributed by atoms with Crippen LogP contribution in [0.3, 0.4) is 0 Å². The maximum Gasteiger partial charge on any atom is 0.231 e. The molecule has 0 aromatic heterocycles. The quantitative estimate of drug-likeness (QED) is 0.766. The number of amides is 1. The van der Waals surface area contributed by atoms with Crippen molar-refractivity contribution in [2.45, 2.75) is 19.3 Å². The first-order chi connectivity index (χ1) is 12.6. The summed E-state index contributed by atoms with van der Waals surface area (Å²) in [7, 11) is 0. The lowest BCUT2D eigenvalue weighted by atomic mass is 9.96. The first kappa shape index (κ1) is 17.8. The maximum absolute atomic E-state index is 12.1. The minimum Gasteiger partial charge on any atom is -0.550 e. The van der Waals surface area contributed by atoms with E-state index in [9.17, 15) is 14.7 Å². The third kappa shape index (κ3) is 4.75. The number of carbonyl (C=O) groups excluding carboxylic acids is 2. The van der Waals surface area contributed by atoms with Crippen LogP contribution in [0.2, 0.25) is 0 Å². The summed E-state index contributed by atoms with van der Waals surface area (Å²) in [6.45, 7) is 0.644. The maximum atomic E-state index is 12.1. The second kappa shape index (κ2) is 8.38. The number of benzene rings is 2. The van der Waals surface area contributed by atoms with E-state index in [0.717, 1.165) is 16.9 Å². The zero-order chi connectivity index (χ0) is 18.4. The van der Waals surface area contributed by atoms with Crippen molar-refractivity contribution in [3.63, 3.8) is 0 Å². The Balaban J connectivity index is 1.47. The summed E-state index contributed by atoms with van der Waals surface area (Å²) in [5.41, 5.74) is 1.88. The van der Waals surface area contributed by atoms with E-state index in [1.165, 1.54) is 0 Å². The molecule has 3 rings (SSSR count). The van der Waals surface area contributed by atoms with Gasteiger partial charge in [-0.1, -0.05) is 36.4 Å². The van der Waals surface area contributed by atoms with Crippen molar-refractivity contribution < 1.29 is 24.2 Å². The molecule has 6 nitrogen and oxygen atoms in total. The van der Waals surface area contributed by atoms with Gasteiger partial charge in [0.1, 0.15) is 0 Å². The molecule has 0 spiro atoms. The van der Waals surface area contributed by atoms with Crippen LogP contribution in [0.1, 0.15) is 17.5 Å². The van der Waals surface area contributed by atoms with Crippen molar-refractivity contribution in [1.29, 1.82) is 0 Å². The fourth-order valence-corrected chi connectivity index (χ4v) is 2.88. The average molecular weight is 354 g/mol. The third-order valence-corrected chi connectivity index (χ3v) is 4.26. The molecule has 1 unspecified atom stereocenters. The molecule has 0 fully saturated rings. The molecule has 1 aliphatic rings. The lowest BCUT2D eigenvalue weighted by Crippen LogP contribution is -2.37. The van der Waals surface area contributed by atoms with Crippen LogP contribution in [0.4, 0.5) is 0 Å². The number of ether oxygens (including phenoxy) is 2. The molecule has 0 radical (unpaired) electrons. The molecule has 0 saturated carbocycles. The van der Waals surface area contributed by atoms with Crippen LogP contribution in [0.5, 0.6) is 11.5 Å². The van der Waals surface area contributed by atoms with Gasteiger partial charge in [-0.25, -0.2) is 0 Å². The zero-order valence-electron chi connectivity index (χ0n) is 14.3. The van der Waals surface area contributed by atoms with E-state index in [0.29, 0.717) is 18.7 Å². The summed E-state index contributed by atoms with van der Waals surface area (Å²) in [4.78, 5) is 23.4. The van der Waals surface area contributed by atoms with Gasteiger partial charge in [0, 0.05) is 24.9 Å². The molecule has 136 valence electrons. The number of rotatable bonds is 8. The molecule has 1 heterocycles. The number of hydrogen-bond acceptors (Lipinski definition) is 5. The second-order valence-corrected chi connectivity index (χ2v) is 6.20. The first-order valence-corrected chi connectivity index (χ1v) is 8.52. The smallest absolute Gasteiger partial charge is 0.231 e.